The molecule has 0 N–H and O–H groups in total. The molecule has 0 saturated heterocycles. The predicted molar refractivity (Wildman–Crippen MR) is 57.2 cm³/mol. The van der Waals surface area contributed by atoms with Crippen LogP contribution in [0.3, 0.4) is 0 Å². The van der Waals surface area contributed by atoms with Gasteiger partial charge in [0, 0.05) is 22.2 Å². The van der Waals surface area contributed by atoms with E-state index in [0.29, 0.717) is 22.2 Å². The van der Waals surface area contributed by atoms with E-state index in [0.717, 1.165) is 12.0 Å². The van der Waals surface area contributed by atoms with Gasteiger partial charge in [0.1, 0.15) is 0 Å². The summed E-state index contributed by atoms with van der Waals surface area (Å²) in [5.41, 5.74) is 0.641. The van der Waals surface area contributed by atoms with E-state index in [2.05, 4.69) is 25.3 Å². The van der Waals surface area contributed by atoms with Gasteiger partial charge in [-0.1, -0.05) is 28.1 Å². The summed E-state index contributed by atoms with van der Waals surface area (Å²) >= 11 is 4.00. The number of hydrogen-bond donors (Lipinski definition) is 0. The third kappa shape index (κ3) is 5.79. The van der Waals surface area contributed by atoms with Crippen LogP contribution in [0.2, 0.25) is 0 Å². The van der Waals surface area contributed by atoms with Crippen molar-refractivity contribution >= 4 is 33.8 Å². The molecular weight excluding hydrogens is 307 g/mol. The number of halogens is 1. The second kappa shape index (κ2) is 9.61. The molecule has 0 amide bonds. The number of hydrogen-bond acceptors (Lipinski definition) is 5. The first-order valence-corrected chi connectivity index (χ1v) is 5.96. The van der Waals surface area contributed by atoms with Crippen molar-refractivity contribution in [3.8, 4) is 0 Å². The monoisotopic (exact) mass is 314 g/mol. The van der Waals surface area contributed by atoms with Gasteiger partial charge in [0.15, 0.2) is 5.78 Å². The van der Waals surface area contributed by atoms with Crippen LogP contribution in [0, 0.1) is 0 Å². The fourth-order valence-electron chi connectivity index (χ4n) is 0.980. The Labute approximate surface area is 128 Å². The normalized spacial score (nSPS) is 9.62. The summed E-state index contributed by atoms with van der Waals surface area (Å²) in [5, 5.41) is 13.4. The van der Waals surface area contributed by atoms with Gasteiger partial charge >= 0.3 is 29.6 Å². The molecule has 0 unspecified atom stereocenters. The fraction of sp³-hybridized carbons (Fsp3) is 0.222. The van der Waals surface area contributed by atoms with Gasteiger partial charge in [-0.25, -0.2) is 0 Å². The van der Waals surface area contributed by atoms with Crippen molar-refractivity contribution < 1.29 is 49.0 Å². The minimum absolute atomic E-state index is 0. The molecule has 0 aliphatic heterocycles. The minimum atomic E-state index is 0. The van der Waals surface area contributed by atoms with E-state index in [4.69, 9.17) is 0 Å². The summed E-state index contributed by atoms with van der Waals surface area (Å²) in [6.45, 7) is 0. The van der Waals surface area contributed by atoms with Gasteiger partial charge in [-0.15, -0.1) is 0 Å². The molecule has 1 rings (SSSR count). The summed E-state index contributed by atoms with van der Waals surface area (Å²) < 4.78 is 4.14. The zero-order valence-electron chi connectivity index (χ0n) is 8.64. The van der Waals surface area contributed by atoms with Crippen molar-refractivity contribution in [1.29, 1.82) is 0 Å². The van der Waals surface area contributed by atoms with Crippen molar-refractivity contribution in [1.82, 2.24) is 0 Å². The molecule has 16 heavy (non-hydrogen) atoms. The molecule has 0 radical (unpaired) electrons. The molecule has 4 nitrogen and oxygen atoms in total. The van der Waals surface area contributed by atoms with E-state index in [9.17, 15) is 10.1 Å². The largest absolute Gasteiger partial charge is 1.00 e. The van der Waals surface area contributed by atoms with Gasteiger partial charge in [-0.2, -0.15) is 4.33 Å². The zero-order chi connectivity index (χ0) is 11.1. The van der Waals surface area contributed by atoms with Crippen LogP contribution in [0.1, 0.15) is 16.8 Å². The molecule has 0 fully saturated rings. The average molecular weight is 315 g/mol. The van der Waals surface area contributed by atoms with Crippen molar-refractivity contribution in [3.05, 3.63) is 29.8 Å². The second-order valence-electron chi connectivity index (χ2n) is 2.61. The molecule has 82 valence electrons. The van der Waals surface area contributed by atoms with Crippen LogP contribution in [0.15, 0.2) is 29.2 Å². The Kier molecular flexibility index (Phi) is 9.97. The summed E-state index contributed by atoms with van der Waals surface area (Å²) in [6, 6.07) is 6.74. The molecule has 0 saturated carbocycles. The third-order valence-electron chi connectivity index (χ3n) is 1.66. The first kappa shape index (κ1) is 16.6. The number of carbonyl (C=O) groups excluding carboxylic acids is 1. The van der Waals surface area contributed by atoms with Crippen molar-refractivity contribution in [2.75, 3.05) is 5.33 Å². The zero-order valence-corrected chi connectivity index (χ0v) is 13.0. The molecule has 0 aromatic heterocycles. The summed E-state index contributed by atoms with van der Waals surface area (Å²) in [7, 11) is 0. The number of carbonyl (C=O) groups is 1. The predicted octanol–water partition coefficient (Wildman–Crippen LogP) is -1.11. The van der Waals surface area contributed by atoms with Crippen molar-refractivity contribution in [3.63, 3.8) is 0 Å². The third-order valence-corrected chi connectivity index (χ3v) is 2.64. The number of Topliss-reactive ketones (excluding diaryl/α,β-unsaturated/α-hetero) is 1. The Bertz CT molecular complexity index is 320. The van der Waals surface area contributed by atoms with E-state index in [1.54, 1.807) is 24.3 Å². The molecule has 1 aromatic carbocycles. The molecular formula is C9H8BrNaO4S. The molecule has 1 aromatic rings. The first-order valence-electron chi connectivity index (χ1n) is 4.10. The van der Waals surface area contributed by atoms with Gasteiger partial charge < -0.3 is 5.26 Å². The van der Waals surface area contributed by atoms with E-state index >= 15 is 0 Å². The van der Waals surface area contributed by atoms with E-state index < -0.39 is 0 Å². The maximum Gasteiger partial charge on any atom is 1.00 e. The standard InChI is InChI=1S/C9H9BrO4S.Na/c10-6-5-9(11)7-1-3-8(4-2-7)15-14-13-12;/h1-4,12H,5-6H2;/q;+1/p-1. The minimum Gasteiger partial charge on any atom is -0.691 e. The van der Waals surface area contributed by atoms with E-state index in [1.165, 1.54) is 0 Å². The number of benzene rings is 1. The van der Waals surface area contributed by atoms with Gasteiger partial charge in [-0.05, 0) is 12.1 Å². The van der Waals surface area contributed by atoms with Gasteiger partial charge in [0.05, 0.1) is 12.0 Å². The van der Waals surface area contributed by atoms with Crippen LogP contribution in [0.4, 0.5) is 0 Å². The summed E-state index contributed by atoms with van der Waals surface area (Å²) in [5.74, 6) is 0.0735. The quantitative estimate of drug-likeness (QED) is 0.166. The molecule has 0 bridgehead atoms. The molecule has 0 spiro atoms. The number of alkyl halides is 1. The van der Waals surface area contributed by atoms with Crippen molar-refractivity contribution in [2.45, 2.75) is 11.3 Å². The summed E-state index contributed by atoms with van der Waals surface area (Å²) in [6.07, 6.45) is 0.465. The topological polar surface area (TPSA) is 58.6 Å². The first-order chi connectivity index (χ1) is 7.27. The SMILES string of the molecule is O=C(CCBr)c1ccc(SOO[O-])cc1.[Na+]. The van der Waals surface area contributed by atoms with Crippen LogP contribution >= 0.6 is 28.0 Å². The molecule has 0 atom stereocenters. The Morgan fingerprint density at radius 3 is 2.50 bits per heavy atom. The number of rotatable bonds is 6. The average Bonchev–Trinajstić information content (AvgIpc) is 2.27. The van der Waals surface area contributed by atoms with Crippen LogP contribution < -0.4 is 34.8 Å². The molecule has 0 heterocycles. The number of ketones is 1. The van der Waals surface area contributed by atoms with Gasteiger partial charge in [0.25, 0.3) is 0 Å². The van der Waals surface area contributed by atoms with Crippen LogP contribution in [0.5, 0.6) is 0 Å². The Hall–Kier alpha value is 0.600. The molecule has 0 aliphatic carbocycles. The maximum absolute atomic E-state index is 11.4. The second-order valence-corrected chi connectivity index (χ2v) is 4.17. The van der Waals surface area contributed by atoms with Crippen LogP contribution in [-0.2, 0) is 9.37 Å². The summed E-state index contributed by atoms with van der Waals surface area (Å²) in [4.78, 5) is 12.1. The Morgan fingerprint density at radius 2 is 2.00 bits per heavy atom. The van der Waals surface area contributed by atoms with E-state index in [-0.39, 0.29) is 35.3 Å². The van der Waals surface area contributed by atoms with E-state index in [1.807, 2.05) is 0 Å². The Morgan fingerprint density at radius 1 is 1.38 bits per heavy atom. The van der Waals surface area contributed by atoms with Crippen LogP contribution in [0.25, 0.3) is 0 Å². The molecule has 7 heteroatoms. The van der Waals surface area contributed by atoms with Gasteiger partial charge in [0.2, 0.25) is 0 Å². The van der Waals surface area contributed by atoms with Gasteiger partial charge in [-0.3, -0.25) is 9.83 Å². The molecule has 0 aliphatic rings. The fourth-order valence-corrected chi connectivity index (χ4v) is 1.69. The Balaban J connectivity index is 0.00000225. The maximum atomic E-state index is 11.4. The van der Waals surface area contributed by atoms with Crippen LogP contribution in [-0.4, -0.2) is 11.1 Å². The van der Waals surface area contributed by atoms with Crippen molar-refractivity contribution in [2.24, 2.45) is 0 Å². The smallest absolute Gasteiger partial charge is 0.691 e.